The molecule has 1 aromatic rings. The molecule has 24 heavy (non-hydrogen) atoms. The van der Waals surface area contributed by atoms with Gasteiger partial charge in [0.2, 0.25) is 5.91 Å². The molecule has 1 aliphatic heterocycles. The fourth-order valence-corrected chi connectivity index (χ4v) is 3.67. The molecule has 1 saturated carbocycles. The van der Waals surface area contributed by atoms with Crippen molar-refractivity contribution in [2.75, 3.05) is 18.0 Å². The molecule has 132 valence electrons. The Labute approximate surface area is 149 Å². The van der Waals surface area contributed by atoms with Crippen LogP contribution in [0.4, 0.5) is 5.69 Å². The second-order valence-electron chi connectivity index (χ2n) is 6.56. The van der Waals surface area contributed by atoms with E-state index in [1.54, 1.807) is 11.0 Å². The number of hydrogen-bond donors (Lipinski definition) is 2. The molecule has 1 aliphatic carbocycles. The topological polar surface area (TPSA) is 75.4 Å². The Balaban J connectivity index is 0.00000208. The van der Waals surface area contributed by atoms with Crippen molar-refractivity contribution in [1.82, 2.24) is 5.32 Å². The summed E-state index contributed by atoms with van der Waals surface area (Å²) in [4.78, 5) is 26.2. The quantitative estimate of drug-likeness (QED) is 0.875. The van der Waals surface area contributed by atoms with Gasteiger partial charge in [0.25, 0.3) is 5.91 Å². The van der Waals surface area contributed by atoms with Crippen molar-refractivity contribution in [3.05, 3.63) is 29.8 Å². The first-order chi connectivity index (χ1) is 11.2. The van der Waals surface area contributed by atoms with Crippen LogP contribution < -0.4 is 16.0 Å². The van der Waals surface area contributed by atoms with Crippen LogP contribution in [0.15, 0.2) is 24.3 Å². The Morgan fingerprint density at radius 1 is 1.25 bits per heavy atom. The lowest BCUT2D eigenvalue weighted by Gasteiger charge is -2.31. The average Bonchev–Trinajstić information content (AvgIpc) is 3.01. The zero-order valence-electron chi connectivity index (χ0n) is 13.9. The fourth-order valence-electron chi connectivity index (χ4n) is 3.67. The van der Waals surface area contributed by atoms with Crippen LogP contribution in [0.1, 0.15) is 48.9 Å². The minimum absolute atomic E-state index is 0. The molecule has 0 spiro atoms. The molecule has 0 bridgehead atoms. The van der Waals surface area contributed by atoms with E-state index in [9.17, 15) is 9.59 Å². The molecule has 2 unspecified atom stereocenters. The number of halogens is 1. The number of anilines is 1. The lowest BCUT2D eigenvalue weighted by molar-refractivity contribution is -0.117. The van der Waals surface area contributed by atoms with Crippen molar-refractivity contribution >= 4 is 29.9 Å². The third kappa shape index (κ3) is 4.08. The predicted molar refractivity (Wildman–Crippen MR) is 97.5 cm³/mol. The second kappa shape index (κ2) is 8.49. The van der Waals surface area contributed by atoms with Crippen LogP contribution in [0, 0.1) is 5.92 Å². The Morgan fingerprint density at radius 2 is 2.04 bits per heavy atom. The average molecular weight is 352 g/mol. The van der Waals surface area contributed by atoms with Crippen molar-refractivity contribution in [2.45, 2.75) is 44.6 Å². The fraction of sp³-hybridized carbons (Fsp3) is 0.556. The van der Waals surface area contributed by atoms with Crippen LogP contribution in [0.2, 0.25) is 0 Å². The van der Waals surface area contributed by atoms with Crippen molar-refractivity contribution in [2.24, 2.45) is 11.7 Å². The van der Waals surface area contributed by atoms with Crippen LogP contribution in [0.25, 0.3) is 0 Å². The van der Waals surface area contributed by atoms with Crippen LogP contribution in [-0.2, 0) is 4.79 Å². The van der Waals surface area contributed by atoms with Crippen molar-refractivity contribution in [3.63, 3.8) is 0 Å². The van der Waals surface area contributed by atoms with E-state index in [2.05, 4.69) is 5.32 Å². The number of carbonyl (C=O) groups is 2. The number of hydrogen-bond acceptors (Lipinski definition) is 3. The van der Waals surface area contributed by atoms with Crippen LogP contribution >= 0.6 is 12.4 Å². The Bertz CT molecular complexity index is 593. The highest BCUT2D eigenvalue weighted by atomic mass is 35.5. The third-order valence-corrected chi connectivity index (χ3v) is 5.02. The SMILES string of the molecule is Cl.NCC1CCCCC1NC(=O)c1cccc(N2CCCC2=O)c1. The molecule has 5 nitrogen and oxygen atoms in total. The molecule has 2 aliphatic rings. The highest BCUT2D eigenvalue weighted by Gasteiger charge is 2.26. The summed E-state index contributed by atoms with van der Waals surface area (Å²) in [7, 11) is 0. The van der Waals surface area contributed by atoms with Gasteiger partial charge in [0, 0.05) is 30.3 Å². The highest BCUT2D eigenvalue weighted by molar-refractivity contribution is 5.99. The minimum atomic E-state index is -0.0659. The van der Waals surface area contributed by atoms with Gasteiger partial charge < -0.3 is 16.0 Å². The number of carbonyl (C=O) groups excluding carboxylic acids is 2. The first-order valence-corrected chi connectivity index (χ1v) is 8.60. The summed E-state index contributed by atoms with van der Waals surface area (Å²) in [6.07, 6.45) is 5.90. The minimum Gasteiger partial charge on any atom is -0.349 e. The maximum absolute atomic E-state index is 12.6. The molecule has 2 atom stereocenters. The zero-order valence-corrected chi connectivity index (χ0v) is 14.7. The van der Waals surface area contributed by atoms with Gasteiger partial charge in [0.15, 0.2) is 0 Å². The number of rotatable bonds is 4. The molecule has 1 aromatic carbocycles. The van der Waals surface area contributed by atoms with Crippen molar-refractivity contribution in [3.8, 4) is 0 Å². The van der Waals surface area contributed by atoms with Gasteiger partial charge in [-0.3, -0.25) is 9.59 Å². The lowest BCUT2D eigenvalue weighted by atomic mass is 9.84. The summed E-state index contributed by atoms with van der Waals surface area (Å²) in [6, 6.07) is 7.53. The van der Waals surface area contributed by atoms with E-state index in [-0.39, 0.29) is 30.3 Å². The van der Waals surface area contributed by atoms with Gasteiger partial charge in [-0.15, -0.1) is 12.4 Å². The molecule has 1 heterocycles. The van der Waals surface area contributed by atoms with E-state index in [1.165, 1.54) is 6.42 Å². The molecule has 3 rings (SSSR count). The maximum atomic E-state index is 12.6. The summed E-state index contributed by atoms with van der Waals surface area (Å²) in [5.41, 5.74) is 7.27. The van der Waals surface area contributed by atoms with Crippen LogP contribution in [-0.4, -0.2) is 30.9 Å². The second-order valence-corrected chi connectivity index (χ2v) is 6.56. The van der Waals surface area contributed by atoms with Gasteiger partial charge >= 0.3 is 0 Å². The molecular formula is C18H26ClN3O2. The van der Waals surface area contributed by atoms with Crippen LogP contribution in [0.3, 0.4) is 0 Å². The molecule has 2 fully saturated rings. The lowest BCUT2D eigenvalue weighted by Crippen LogP contribution is -2.44. The predicted octanol–water partition coefficient (Wildman–Crippen LogP) is 2.48. The summed E-state index contributed by atoms with van der Waals surface area (Å²) >= 11 is 0. The number of amides is 2. The summed E-state index contributed by atoms with van der Waals surface area (Å²) in [6.45, 7) is 1.36. The van der Waals surface area contributed by atoms with E-state index in [1.807, 2.05) is 18.2 Å². The monoisotopic (exact) mass is 351 g/mol. The summed E-state index contributed by atoms with van der Waals surface area (Å²) < 4.78 is 0. The van der Waals surface area contributed by atoms with E-state index in [4.69, 9.17) is 5.73 Å². The first kappa shape index (κ1) is 18.7. The first-order valence-electron chi connectivity index (χ1n) is 8.60. The van der Waals surface area contributed by atoms with E-state index < -0.39 is 0 Å². The largest absolute Gasteiger partial charge is 0.349 e. The van der Waals surface area contributed by atoms with Gasteiger partial charge in [0.05, 0.1) is 0 Å². The molecule has 1 saturated heterocycles. The van der Waals surface area contributed by atoms with Crippen molar-refractivity contribution in [1.29, 1.82) is 0 Å². The molecule has 6 heteroatoms. The van der Waals surface area contributed by atoms with Crippen LogP contribution in [0.5, 0.6) is 0 Å². The van der Waals surface area contributed by atoms with Gasteiger partial charge in [0.1, 0.15) is 0 Å². The zero-order chi connectivity index (χ0) is 16.2. The highest BCUT2D eigenvalue weighted by Crippen LogP contribution is 2.25. The normalized spacial score (nSPS) is 23.7. The number of nitrogens with two attached hydrogens (primary N) is 1. The molecule has 3 N–H and O–H groups in total. The molecule has 0 aromatic heterocycles. The smallest absolute Gasteiger partial charge is 0.251 e. The van der Waals surface area contributed by atoms with Gasteiger partial charge in [-0.2, -0.15) is 0 Å². The standard InChI is InChI=1S/C18H25N3O2.ClH/c19-12-14-5-1-2-8-16(14)20-18(23)13-6-3-7-15(11-13)21-10-4-9-17(21)22;/h3,6-7,11,14,16H,1-2,4-5,8-10,12,19H2,(H,20,23);1H. The Hall–Kier alpha value is -1.59. The Kier molecular flexibility index (Phi) is 6.63. The molecular weight excluding hydrogens is 326 g/mol. The van der Waals surface area contributed by atoms with E-state index >= 15 is 0 Å². The number of nitrogens with one attached hydrogen (secondary N) is 1. The molecule has 0 radical (unpaired) electrons. The molecule has 2 amide bonds. The maximum Gasteiger partial charge on any atom is 0.251 e. The van der Waals surface area contributed by atoms with Gasteiger partial charge in [-0.25, -0.2) is 0 Å². The Morgan fingerprint density at radius 3 is 2.75 bits per heavy atom. The van der Waals surface area contributed by atoms with E-state index in [0.717, 1.165) is 37.9 Å². The summed E-state index contributed by atoms with van der Waals surface area (Å²) in [5, 5.41) is 3.14. The number of nitrogens with zero attached hydrogens (tertiary/aromatic N) is 1. The summed E-state index contributed by atoms with van der Waals surface area (Å²) in [5.74, 6) is 0.443. The van der Waals surface area contributed by atoms with Crippen molar-refractivity contribution < 1.29 is 9.59 Å². The van der Waals surface area contributed by atoms with E-state index in [0.29, 0.717) is 24.4 Å². The van der Waals surface area contributed by atoms with Gasteiger partial charge in [-0.05, 0) is 49.9 Å². The number of benzene rings is 1. The van der Waals surface area contributed by atoms with Gasteiger partial charge in [-0.1, -0.05) is 18.9 Å². The third-order valence-electron chi connectivity index (χ3n) is 5.02.